The lowest BCUT2D eigenvalue weighted by molar-refractivity contribution is -0.384. The molecule has 1 aromatic carbocycles. The Morgan fingerprint density at radius 3 is 2.57 bits per heavy atom. The third-order valence-corrected chi connectivity index (χ3v) is 7.59. The third kappa shape index (κ3) is 8.63. The van der Waals surface area contributed by atoms with Gasteiger partial charge in [-0.15, -0.1) is 0 Å². The van der Waals surface area contributed by atoms with Crippen molar-refractivity contribution in [2.75, 3.05) is 56.8 Å². The molecule has 14 heteroatoms. The number of carbonyl (C=O) groups is 2. The Balaban J connectivity index is 2.20. The fraction of sp³-hybridized carbons (Fsp3) is 0.619. The number of morpholine rings is 1. The van der Waals surface area contributed by atoms with Gasteiger partial charge in [-0.1, -0.05) is 13.8 Å². The average Bonchev–Trinajstić information content (AvgIpc) is 2.84. The molecule has 0 radical (unpaired) electrons. The summed E-state index contributed by atoms with van der Waals surface area (Å²) in [4.78, 5) is 35.3. The molecule has 1 heterocycles. The van der Waals surface area contributed by atoms with E-state index in [1.54, 1.807) is 0 Å². The summed E-state index contributed by atoms with van der Waals surface area (Å²) >= 11 is 1.47. The van der Waals surface area contributed by atoms with E-state index < -0.39 is 45.2 Å². The molecule has 0 bridgehead atoms. The molecule has 1 aliphatic heterocycles. The van der Waals surface area contributed by atoms with Gasteiger partial charge in [0.15, 0.2) is 6.61 Å². The van der Waals surface area contributed by atoms with Gasteiger partial charge < -0.3 is 20.1 Å². The Bertz CT molecular complexity index is 997. The van der Waals surface area contributed by atoms with Crippen molar-refractivity contribution in [3.63, 3.8) is 0 Å². The average molecular weight is 533 g/mol. The van der Waals surface area contributed by atoms with E-state index in [1.807, 2.05) is 20.1 Å². The van der Waals surface area contributed by atoms with E-state index in [4.69, 9.17) is 9.47 Å². The number of anilines is 1. The van der Waals surface area contributed by atoms with E-state index >= 15 is 0 Å². The number of thioether (sulfide) groups is 1. The highest BCUT2D eigenvalue weighted by molar-refractivity contribution is 7.98. The number of amides is 1. The fourth-order valence-electron chi connectivity index (χ4n) is 3.16. The predicted molar refractivity (Wildman–Crippen MR) is 132 cm³/mol. The predicted octanol–water partition coefficient (Wildman–Crippen LogP) is 1.46. The summed E-state index contributed by atoms with van der Waals surface area (Å²) in [6.07, 6.45) is 2.12. The zero-order chi connectivity index (χ0) is 26.0. The van der Waals surface area contributed by atoms with Gasteiger partial charge >= 0.3 is 5.97 Å². The van der Waals surface area contributed by atoms with Gasteiger partial charge in [-0.3, -0.25) is 14.9 Å². The molecule has 0 saturated carbocycles. The van der Waals surface area contributed by atoms with Crippen LogP contribution in [0.5, 0.6) is 0 Å². The number of hydrogen-bond acceptors (Lipinski definition) is 10. The van der Waals surface area contributed by atoms with Crippen molar-refractivity contribution < 1.29 is 32.4 Å². The molecule has 1 fully saturated rings. The molecule has 0 spiro atoms. The highest BCUT2D eigenvalue weighted by Crippen LogP contribution is 2.30. The van der Waals surface area contributed by atoms with Crippen LogP contribution in [0.15, 0.2) is 23.1 Å². The van der Waals surface area contributed by atoms with Crippen LogP contribution in [-0.2, 0) is 29.1 Å². The van der Waals surface area contributed by atoms with E-state index in [2.05, 4.69) is 10.6 Å². The van der Waals surface area contributed by atoms with Crippen molar-refractivity contribution in [1.29, 1.82) is 0 Å². The second kappa shape index (κ2) is 13.6. The number of carbonyl (C=O) groups excluding carboxylic acids is 2. The van der Waals surface area contributed by atoms with Gasteiger partial charge in [0.05, 0.1) is 23.0 Å². The van der Waals surface area contributed by atoms with Crippen LogP contribution in [0.4, 0.5) is 11.4 Å². The lowest BCUT2D eigenvalue weighted by atomic mass is 10.2. The number of sulfonamides is 1. The van der Waals surface area contributed by atoms with Crippen LogP contribution in [-0.4, -0.2) is 87.0 Å². The van der Waals surface area contributed by atoms with Gasteiger partial charge in [0.25, 0.3) is 11.6 Å². The molecule has 1 saturated heterocycles. The first-order valence-electron chi connectivity index (χ1n) is 11.1. The van der Waals surface area contributed by atoms with E-state index in [1.165, 1.54) is 28.2 Å². The molecule has 12 nitrogen and oxygen atoms in total. The summed E-state index contributed by atoms with van der Waals surface area (Å²) in [7, 11) is -3.94. The Morgan fingerprint density at radius 1 is 1.29 bits per heavy atom. The number of benzene rings is 1. The van der Waals surface area contributed by atoms with Crippen molar-refractivity contribution in [2.24, 2.45) is 5.92 Å². The second-order valence-electron chi connectivity index (χ2n) is 8.24. The van der Waals surface area contributed by atoms with Crippen LogP contribution >= 0.6 is 11.8 Å². The quantitative estimate of drug-likeness (QED) is 0.216. The zero-order valence-corrected chi connectivity index (χ0v) is 21.7. The first-order valence-corrected chi connectivity index (χ1v) is 13.9. The van der Waals surface area contributed by atoms with E-state index in [0.717, 1.165) is 6.07 Å². The van der Waals surface area contributed by atoms with Gasteiger partial charge in [0.1, 0.15) is 11.7 Å². The number of nitrogens with zero attached hydrogens (tertiary/aromatic N) is 2. The van der Waals surface area contributed by atoms with Crippen molar-refractivity contribution in [1.82, 2.24) is 9.62 Å². The monoisotopic (exact) mass is 532 g/mol. The first kappa shape index (κ1) is 28.8. The molecule has 0 aromatic heterocycles. The maximum absolute atomic E-state index is 12.9. The van der Waals surface area contributed by atoms with E-state index in [9.17, 15) is 28.1 Å². The molecule has 1 atom stereocenters. The van der Waals surface area contributed by atoms with Crippen LogP contribution in [0.3, 0.4) is 0 Å². The largest absolute Gasteiger partial charge is 0.454 e. The Labute approximate surface area is 209 Å². The molecule has 0 aliphatic carbocycles. The molecule has 1 aliphatic rings. The SMILES string of the molecule is CSCC[C@H](Nc1ccc(S(=O)(=O)N2CCOCC2)cc1[N+](=O)[O-])C(=O)OCC(=O)NCC(C)C. The molecule has 2 rings (SSSR count). The molecular formula is C21H32N4O8S2. The van der Waals surface area contributed by atoms with Crippen molar-refractivity contribution >= 4 is 45.0 Å². The van der Waals surface area contributed by atoms with Crippen LogP contribution in [0.25, 0.3) is 0 Å². The van der Waals surface area contributed by atoms with Gasteiger partial charge in [-0.05, 0) is 36.5 Å². The Hall–Kier alpha value is -2.42. The summed E-state index contributed by atoms with van der Waals surface area (Å²) in [6.45, 7) is 4.63. The molecule has 1 aromatic rings. The Kier molecular flexibility index (Phi) is 11.2. The normalized spacial score (nSPS) is 15.4. The Morgan fingerprint density at radius 2 is 1.97 bits per heavy atom. The van der Waals surface area contributed by atoms with Crippen LogP contribution in [0, 0.1) is 16.0 Å². The van der Waals surface area contributed by atoms with Gasteiger partial charge in [0.2, 0.25) is 10.0 Å². The second-order valence-corrected chi connectivity index (χ2v) is 11.2. The maximum atomic E-state index is 12.9. The minimum atomic E-state index is -3.94. The number of hydrogen-bond donors (Lipinski definition) is 2. The summed E-state index contributed by atoms with van der Waals surface area (Å²) in [5, 5.41) is 17.2. The minimum Gasteiger partial charge on any atom is -0.454 e. The highest BCUT2D eigenvalue weighted by Gasteiger charge is 2.30. The third-order valence-electron chi connectivity index (χ3n) is 5.05. The van der Waals surface area contributed by atoms with E-state index in [0.29, 0.717) is 12.3 Å². The van der Waals surface area contributed by atoms with Gasteiger partial charge in [0, 0.05) is 25.7 Å². The number of rotatable bonds is 13. The summed E-state index contributed by atoms with van der Waals surface area (Å²) in [6, 6.07) is 2.53. The van der Waals surface area contributed by atoms with E-state index in [-0.39, 0.29) is 49.2 Å². The van der Waals surface area contributed by atoms with Crippen LogP contribution < -0.4 is 10.6 Å². The number of nitro groups is 1. The lowest BCUT2D eigenvalue weighted by Gasteiger charge is -2.26. The van der Waals surface area contributed by atoms with Crippen LogP contribution in [0.2, 0.25) is 0 Å². The number of nitrogens with one attached hydrogen (secondary N) is 2. The van der Waals surface area contributed by atoms with Gasteiger partial charge in [-0.2, -0.15) is 16.1 Å². The highest BCUT2D eigenvalue weighted by atomic mass is 32.2. The fourth-order valence-corrected chi connectivity index (χ4v) is 5.06. The minimum absolute atomic E-state index is 0.0248. The van der Waals surface area contributed by atoms with Crippen molar-refractivity contribution in [2.45, 2.75) is 31.2 Å². The topological polar surface area (TPSA) is 157 Å². The molecular weight excluding hydrogens is 500 g/mol. The number of esters is 1. The molecule has 0 unspecified atom stereocenters. The number of nitro benzene ring substituents is 1. The standard InChI is InChI=1S/C21H32N4O8S2/c1-15(2)13-22-20(26)14-33-21(27)18(6-11-34-3)23-17-5-4-16(12-19(17)25(28)29)35(30,31)24-7-9-32-10-8-24/h4-5,12,15,18,23H,6-11,13-14H2,1-3H3,(H,22,26)/t18-/m0/s1. The lowest BCUT2D eigenvalue weighted by Crippen LogP contribution is -2.40. The number of ether oxygens (including phenoxy) is 2. The maximum Gasteiger partial charge on any atom is 0.329 e. The first-order chi connectivity index (χ1) is 16.6. The summed E-state index contributed by atoms with van der Waals surface area (Å²) < 4.78 is 37.3. The molecule has 35 heavy (non-hydrogen) atoms. The smallest absolute Gasteiger partial charge is 0.329 e. The van der Waals surface area contributed by atoms with Crippen molar-refractivity contribution in [3.05, 3.63) is 28.3 Å². The summed E-state index contributed by atoms with van der Waals surface area (Å²) in [5.41, 5.74) is -0.515. The van der Waals surface area contributed by atoms with Gasteiger partial charge in [-0.25, -0.2) is 13.2 Å². The summed E-state index contributed by atoms with van der Waals surface area (Å²) in [5.74, 6) is -0.400. The molecule has 2 N–H and O–H groups in total. The zero-order valence-electron chi connectivity index (χ0n) is 20.0. The van der Waals surface area contributed by atoms with Crippen molar-refractivity contribution in [3.8, 4) is 0 Å². The van der Waals surface area contributed by atoms with Crippen LogP contribution in [0.1, 0.15) is 20.3 Å². The molecule has 1 amide bonds. The molecule has 196 valence electrons.